The van der Waals surface area contributed by atoms with Gasteiger partial charge in [0.2, 0.25) is 0 Å². The Morgan fingerprint density at radius 2 is 1.96 bits per heavy atom. The van der Waals surface area contributed by atoms with Crippen molar-refractivity contribution in [2.45, 2.75) is 26.2 Å². The molecule has 0 amide bonds. The summed E-state index contributed by atoms with van der Waals surface area (Å²) in [6.07, 6.45) is 7.59. The minimum atomic E-state index is -0.296. The lowest BCUT2D eigenvalue weighted by Gasteiger charge is -2.35. The van der Waals surface area contributed by atoms with Crippen molar-refractivity contribution in [2.75, 3.05) is 36.5 Å². The zero-order valence-electron chi connectivity index (χ0n) is 15.7. The van der Waals surface area contributed by atoms with Gasteiger partial charge >= 0.3 is 0 Å². The molecule has 3 aromatic heterocycles. The molecule has 8 heteroatoms. The molecule has 1 aliphatic heterocycles. The number of nitrogens with zero attached hydrogens (tertiary/aromatic N) is 6. The smallest absolute Gasteiger partial charge is 0.187 e. The molecule has 7 nitrogen and oxygen atoms in total. The lowest BCUT2D eigenvalue weighted by molar-refractivity contribution is 0.405. The third kappa shape index (κ3) is 3.43. The number of hydrogen-bond acceptors (Lipinski definition) is 6. The molecule has 1 fully saturated rings. The maximum atomic E-state index is 14.5. The predicted molar refractivity (Wildman–Crippen MR) is 103 cm³/mol. The summed E-state index contributed by atoms with van der Waals surface area (Å²) in [5, 5.41) is 1.06. The summed E-state index contributed by atoms with van der Waals surface area (Å²) in [6, 6.07) is 2.02. The molecule has 0 aromatic carbocycles. The second-order valence-electron chi connectivity index (χ2n) is 7.06. The number of aromatic amines is 1. The third-order valence-electron chi connectivity index (χ3n) is 5.32. The number of nitrogens with one attached hydrogen (secondary N) is 1. The molecule has 0 radical (unpaired) electrons. The van der Waals surface area contributed by atoms with Crippen LogP contribution >= 0.6 is 0 Å². The van der Waals surface area contributed by atoms with Crippen LogP contribution in [0.3, 0.4) is 0 Å². The molecular formula is C19H24FN7. The highest BCUT2D eigenvalue weighted by Gasteiger charge is 2.24. The molecule has 1 aliphatic rings. The van der Waals surface area contributed by atoms with Crippen molar-refractivity contribution in [3.8, 4) is 0 Å². The van der Waals surface area contributed by atoms with Crippen molar-refractivity contribution in [2.24, 2.45) is 5.92 Å². The average Bonchev–Trinajstić information content (AvgIpc) is 3.17. The maximum Gasteiger partial charge on any atom is 0.187 e. The first-order valence-corrected chi connectivity index (χ1v) is 9.41. The molecule has 0 unspecified atom stereocenters. The predicted octanol–water partition coefficient (Wildman–Crippen LogP) is 2.80. The second-order valence-corrected chi connectivity index (χ2v) is 7.06. The quantitative estimate of drug-likeness (QED) is 0.745. The summed E-state index contributed by atoms with van der Waals surface area (Å²) in [5.74, 6) is 1.58. The van der Waals surface area contributed by atoms with Gasteiger partial charge in [-0.3, -0.25) is 0 Å². The van der Waals surface area contributed by atoms with Crippen LogP contribution in [0.25, 0.3) is 11.0 Å². The normalized spacial score (nSPS) is 15.4. The molecule has 0 atom stereocenters. The molecule has 1 saturated heterocycles. The highest BCUT2D eigenvalue weighted by Crippen LogP contribution is 2.28. The van der Waals surface area contributed by atoms with Crippen molar-refractivity contribution in [3.05, 3.63) is 36.4 Å². The van der Waals surface area contributed by atoms with Crippen molar-refractivity contribution in [1.82, 2.24) is 24.9 Å². The fourth-order valence-electron chi connectivity index (χ4n) is 3.82. The van der Waals surface area contributed by atoms with Crippen LogP contribution in [0.4, 0.5) is 16.0 Å². The number of anilines is 2. The van der Waals surface area contributed by atoms with E-state index in [2.05, 4.69) is 29.8 Å². The number of aryl methyl sites for hydroxylation is 1. The van der Waals surface area contributed by atoms with E-state index in [4.69, 9.17) is 0 Å². The van der Waals surface area contributed by atoms with Gasteiger partial charge in [-0.2, -0.15) is 0 Å². The van der Waals surface area contributed by atoms with E-state index < -0.39 is 0 Å². The fraction of sp³-hybridized carbons (Fsp3) is 0.474. The Labute approximate surface area is 157 Å². The number of fused-ring (bicyclic) bond motifs is 1. The largest absolute Gasteiger partial charge is 0.357 e. The van der Waals surface area contributed by atoms with E-state index in [1.54, 1.807) is 6.33 Å². The maximum absolute atomic E-state index is 14.5. The molecule has 3 aromatic rings. The van der Waals surface area contributed by atoms with E-state index in [9.17, 15) is 4.39 Å². The molecule has 0 saturated carbocycles. The Balaban J connectivity index is 1.40. The van der Waals surface area contributed by atoms with Crippen LogP contribution in [0.2, 0.25) is 0 Å². The van der Waals surface area contributed by atoms with Gasteiger partial charge in [-0.15, -0.1) is 0 Å². The minimum absolute atomic E-state index is 0.296. The van der Waals surface area contributed by atoms with E-state index in [0.29, 0.717) is 23.9 Å². The molecule has 0 spiro atoms. The Kier molecular flexibility index (Phi) is 4.87. The van der Waals surface area contributed by atoms with Crippen molar-refractivity contribution >= 4 is 22.7 Å². The summed E-state index contributed by atoms with van der Waals surface area (Å²) in [6.45, 7) is 4.55. The molecule has 4 rings (SSSR count). The molecule has 0 aliphatic carbocycles. The molecule has 27 heavy (non-hydrogen) atoms. The standard InChI is InChI=1S/C19H24FN7/c1-3-15-16(20)19(25-11-22-15)26(2)10-13-5-8-27(9-6-13)18-14-4-7-21-17(14)23-12-24-18/h4,7,11-13H,3,5-6,8-10H2,1-2H3,(H,21,23,24). The average molecular weight is 369 g/mol. The van der Waals surface area contributed by atoms with E-state index >= 15 is 0 Å². The molecular weight excluding hydrogens is 345 g/mol. The summed E-state index contributed by atoms with van der Waals surface area (Å²) in [7, 11) is 1.91. The van der Waals surface area contributed by atoms with Crippen LogP contribution < -0.4 is 9.80 Å². The van der Waals surface area contributed by atoms with E-state index in [1.807, 2.05) is 31.1 Å². The first kappa shape index (κ1) is 17.6. The fourth-order valence-corrected chi connectivity index (χ4v) is 3.82. The summed E-state index contributed by atoms with van der Waals surface area (Å²) >= 11 is 0. The molecule has 4 heterocycles. The van der Waals surface area contributed by atoms with Crippen LogP contribution in [0.15, 0.2) is 24.9 Å². The van der Waals surface area contributed by atoms with Gasteiger partial charge in [-0.25, -0.2) is 24.3 Å². The Bertz CT molecular complexity index is 917. The SMILES string of the molecule is CCc1ncnc(N(C)CC2CCN(c3ncnc4[nH]ccc34)CC2)c1F. The van der Waals surface area contributed by atoms with Crippen LogP contribution in [0.1, 0.15) is 25.5 Å². The van der Waals surface area contributed by atoms with Crippen LogP contribution in [0.5, 0.6) is 0 Å². The van der Waals surface area contributed by atoms with Crippen LogP contribution in [0, 0.1) is 11.7 Å². The van der Waals surface area contributed by atoms with Gasteiger partial charge in [0.1, 0.15) is 24.1 Å². The first-order chi connectivity index (χ1) is 13.2. The van der Waals surface area contributed by atoms with Gasteiger partial charge in [0.25, 0.3) is 0 Å². The second kappa shape index (κ2) is 7.46. The zero-order valence-corrected chi connectivity index (χ0v) is 15.7. The summed E-state index contributed by atoms with van der Waals surface area (Å²) < 4.78 is 14.5. The van der Waals surface area contributed by atoms with Crippen LogP contribution in [-0.4, -0.2) is 51.6 Å². The Hall–Kier alpha value is -2.77. The van der Waals surface area contributed by atoms with Crippen molar-refractivity contribution in [3.63, 3.8) is 0 Å². The van der Waals surface area contributed by atoms with Gasteiger partial charge in [-0.1, -0.05) is 6.92 Å². The number of halogens is 1. The van der Waals surface area contributed by atoms with Gasteiger partial charge in [0.15, 0.2) is 11.6 Å². The topological polar surface area (TPSA) is 73.8 Å². The lowest BCUT2D eigenvalue weighted by atomic mass is 9.96. The Morgan fingerprint density at radius 3 is 2.74 bits per heavy atom. The molecule has 0 bridgehead atoms. The van der Waals surface area contributed by atoms with Gasteiger partial charge in [0, 0.05) is 32.9 Å². The number of piperidine rings is 1. The first-order valence-electron chi connectivity index (χ1n) is 9.41. The summed E-state index contributed by atoms with van der Waals surface area (Å²) in [5.41, 5.74) is 1.34. The lowest BCUT2D eigenvalue weighted by Crippen LogP contribution is -2.38. The summed E-state index contributed by atoms with van der Waals surface area (Å²) in [4.78, 5) is 24.3. The highest BCUT2D eigenvalue weighted by molar-refractivity contribution is 5.87. The highest BCUT2D eigenvalue weighted by atomic mass is 19.1. The number of aromatic nitrogens is 5. The van der Waals surface area contributed by atoms with Crippen LogP contribution in [-0.2, 0) is 6.42 Å². The van der Waals surface area contributed by atoms with E-state index in [-0.39, 0.29) is 5.82 Å². The molecule has 142 valence electrons. The van der Waals surface area contributed by atoms with Gasteiger partial charge in [-0.05, 0) is 31.2 Å². The minimum Gasteiger partial charge on any atom is -0.357 e. The van der Waals surface area contributed by atoms with E-state index in [0.717, 1.165) is 49.3 Å². The molecule has 1 N–H and O–H groups in total. The van der Waals surface area contributed by atoms with Crippen molar-refractivity contribution in [1.29, 1.82) is 0 Å². The number of H-pyrrole nitrogens is 1. The number of hydrogen-bond donors (Lipinski definition) is 1. The number of rotatable bonds is 5. The Morgan fingerprint density at radius 1 is 1.19 bits per heavy atom. The van der Waals surface area contributed by atoms with E-state index in [1.165, 1.54) is 6.33 Å². The monoisotopic (exact) mass is 369 g/mol. The van der Waals surface area contributed by atoms with Crippen molar-refractivity contribution < 1.29 is 4.39 Å². The third-order valence-corrected chi connectivity index (χ3v) is 5.32. The zero-order chi connectivity index (χ0) is 18.8. The van der Waals surface area contributed by atoms with Gasteiger partial charge < -0.3 is 14.8 Å². The van der Waals surface area contributed by atoms with Gasteiger partial charge in [0.05, 0.1) is 11.1 Å².